The maximum atomic E-state index is 13.4. The van der Waals surface area contributed by atoms with Gasteiger partial charge >= 0.3 is 0 Å². The Hall–Kier alpha value is -1.84. The molecule has 1 aromatic rings. The van der Waals surface area contributed by atoms with Gasteiger partial charge in [0.25, 0.3) is 5.91 Å². The van der Waals surface area contributed by atoms with Gasteiger partial charge in [0.15, 0.2) is 0 Å². The standard InChI is InChI=1S/C22H32N2O2/c1-15(2)14-24-21(26)18-11-7-6-10-17(18)19(20(25)23-16(3)4)22(24)12-8-5-9-13-22/h6-7,10-11,15-16,19H,5,8-9,12-14H2,1-4H3,(H,23,25). The highest BCUT2D eigenvalue weighted by Gasteiger charge is 2.54. The molecule has 1 aromatic carbocycles. The smallest absolute Gasteiger partial charge is 0.254 e. The van der Waals surface area contributed by atoms with E-state index in [4.69, 9.17) is 0 Å². The van der Waals surface area contributed by atoms with Gasteiger partial charge in [-0.05, 0) is 44.2 Å². The van der Waals surface area contributed by atoms with Gasteiger partial charge in [-0.15, -0.1) is 0 Å². The van der Waals surface area contributed by atoms with Gasteiger partial charge in [-0.2, -0.15) is 0 Å². The first-order valence-corrected chi connectivity index (χ1v) is 10.1. The second kappa shape index (κ2) is 7.42. The van der Waals surface area contributed by atoms with Crippen molar-refractivity contribution in [2.75, 3.05) is 6.54 Å². The van der Waals surface area contributed by atoms with Gasteiger partial charge < -0.3 is 10.2 Å². The van der Waals surface area contributed by atoms with Crippen LogP contribution >= 0.6 is 0 Å². The normalized spacial score (nSPS) is 22.0. The largest absolute Gasteiger partial charge is 0.353 e. The number of rotatable bonds is 4. The number of carbonyl (C=O) groups is 2. The highest BCUT2D eigenvalue weighted by Crippen LogP contribution is 2.49. The van der Waals surface area contributed by atoms with Crippen LogP contribution in [-0.2, 0) is 4.79 Å². The number of nitrogens with one attached hydrogen (secondary N) is 1. The van der Waals surface area contributed by atoms with Crippen LogP contribution in [0.25, 0.3) is 0 Å². The van der Waals surface area contributed by atoms with Crippen LogP contribution in [0.5, 0.6) is 0 Å². The Morgan fingerprint density at radius 3 is 2.42 bits per heavy atom. The molecule has 1 aliphatic heterocycles. The summed E-state index contributed by atoms with van der Waals surface area (Å²) in [5, 5.41) is 3.14. The van der Waals surface area contributed by atoms with E-state index in [1.54, 1.807) is 0 Å². The monoisotopic (exact) mass is 356 g/mol. The minimum Gasteiger partial charge on any atom is -0.353 e. The summed E-state index contributed by atoms with van der Waals surface area (Å²) in [6, 6.07) is 7.82. The summed E-state index contributed by atoms with van der Waals surface area (Å²) in [5.74, 6) is 0.259. The lowest BCUT2D eigenvalue weighted by Crippen LogP contribution is -2.63. The van der Waals surface area contributed by atoms with E-state index in [1.165, 1.54) is 6.42 Å². The Bertz CT molecular complexity index is 674. The lowest BCUT2D eigenvalue weighted by Gasteiger charge is -2.54. The van der Waals surface area contributed by atoms with Crippen LogP contribution in [0, 0.1) is 5.92 Å². The molecule has 1 aliphatic carbocycles. The van der Waals surface area contributed by atoms with Crippen LogP contribution in [0.4, 0.5) is 0 Å². The van der Waals surface area contributed by atoms with E-state index in [0.717, 1.165) is 31.2 Å². The molecule has 2 aliphatic rings. The SMILES string of the molecule is CC(C)CN1C(=O)c2ccccc2C(C(=O)NC(C)C)C12CCCCC2. The summed E-state index contributed by atoms with van der Waals surface area (Å²) < 4.78 is 0. The van der Waals surface area contributed by atoms with Gasteiger partial charge in [0.05, 0.1) is 11.5 Å². The van der Waals surface area contributed by atoms with Crippen LogP contribution in [0.15, 0.2) is 24.3 Å². The lowest BCUT2D eigenvalue weighted by atomic mass is 9.65. The average molecular weight is 357 g/mol. The van der Waals surface area contributed by atoms with Gasteiger partial charge in [0.1, 0.15) is 0 Å². The second-order valence-corrected chi connectivity index (χ2v) is 8.66. The lowest BCUT2D eigenvalue weighted by molar-refractivity contribution is -0.128. The Labute approximate surface area is 157 Å². The quantitative estimate of drug-likeness (QED) is 0.882. The molecular weight excluding hydrogens is 324 g/mol. The maximum absolute atomic E-state index is 13.4. The van der Waals surface area contributed by atoms with E-state index in [2.05, 4.69) is 24.1 Å². The molecular formula is C22H32N2O2. The van der Waals surface area contributed by atoms with Crippen molar-refractivity contribution in [3.8, 4) is 0 Å². The van der Waals surface area contributed by atoms with Gasteiger partial charge in [-0.1, -0.05) is 51.3 Å². The van der Waals surface area contributed by atoms with E-state index in [1.807, 2.05) is 38.1 Å². The minimum atomic E-state index is -0.382. The molecule has 0 bridgehead atoms. The van der Waals surface area contributed by atoms with E-state index >= 15 is 0 Å². The molecule has 4 heteroatoms. The molecule has 1 unspecified atom stereocenters. The fourth-order valence-electron chi connectivity index (χ4n) is 4.84. The van der Waals surface area contributed by atoms with Crippen LogP contribution in [0.3, 0.4) is 0 Å². The van der Waals surface area contributed by atoms with Crippen LogP contribution in [0.1, 0.15) is 81.6 Å². The van der Waals surface area contributed by atoms with Gasteiger partial charge in [0.2, 0.25) is 5.91 Å². The molecule has 4 nitrogen and oxygen atoms in total. The summed E-state index contributed by atoms with van der Waals surface area (Å²) >= 11 is 0. The molecule has 0 radical (unpaired) electrons. The molecule has 3 rings (SSSR count). The molecule has 1 N–H and O–H groups in total. The Balaban J connectivity index is 2.16. The molecule has 2 amide bonds. The van der Waals surface area contributed by atoms with Crippen LogP contribution in [0.2, 0.25) is 0 Å². The molecule has 26 heavy (non-hydrogen) atoms. The highest BCUT2D eigenvalue weighted by molar-refractivity contribution is 6.02. The Morgan fingerprint density at radius 1 is 1.15 bits per heavy atom. The highest BCUT2D eigenvalue weighted by atomic mass is 16.2. The molecule has 1 fully saturated rings. The number of amides is 2. The number of hydrogen-bond donors (Lipinski definition) is 1. The first kappa shape index (κ1) is 18.9. The summed E-state index contributed by atoms with van der Waals surface area (Å²) in [7, 11) is 0. The first-order chi connectivity index (χ1) is 12.4. The predicted octanol–water partition coefficient (Wildman–Crippen LogP) is 4.11. The number of nitrogens with zero attached hydrogens (tertiary/aromatic N) is 1. The zero-order valence-electron chi connectivity index (χ0n) is 16.5. The molecule has 0 saturated heterocycles. The first-order valence-electron chi connectivity index (χ1n) is 10.1. The third-order valence-electron chi connectivity index (χ3n) is 5.78. The summed E-state index contributed by atoms with van der Waals surface area (Å²) in [6.45, 7) is 8.99. The topological polar surface area (TPSA) is 49.4 Å². The van der Waals surface area contributed by atoms with Gasteiger partial charge in [-0.25, -0.2) is 0 Å². The van der Waals surface area contributed by atoms with E-state index in [9.17, 15) is 9.59 Å². The fraction of sp³-hybridized carbons (Fsp3) is 0.636. The summed E-state index contributed by atoms with van der Waals surface area (Å²) in [6.07, 6.45) is 5.17. The van der Waals surface area contributed by atoms with Crippen molar-refractivity contribution < 1.29 is 9.59 Å². The summed E-state index contributed by atoms with van der Waals surface area (Å²) in [4.78, 5) is 28.8. The molecule has 1 saturated carbocycles. The molecule has 0 aromatic heterocycles. The van der Waals surface area contributed by atoms with Crippen molar-refractivity contribution in [1.29, 1.82) is 0 Å². The van der Waals surface area contributed by atoms with Crippen molar-refractivity contribution in [3.05, 3.63) is 35.4 Å². The predicted molar refractivity (Wildman–Crippen MR) is 104 cm³/mol. The number of benzene rings is 1. The molecule has 1 spiro atoms. The minimum absolute atomic E-state index is 0.0654. The number of fused-ring (bicyclic) bond motifs is 1. The van der Waals surface area contributed by atoms with Crippen molar-refractivity contribution >= 4 is 11.8 Å². The molecule has 142 valence electrons. The number of hydrogen-bond acceptors (Lipinski definition) is 2. The second-order valence-electron chi connectivity index (χ2n) is 8.66. The fourth-order valence-corrected chi connectivity index (χ4v) is 4.84. The zero-order valence-corrected chi connectivity index (χ0v) is 16.5. The van der Waals surface area contributed by atoms with Crippen LogP contribution in [-0.4, -0.2) is 34.8 Å². The van der Waals surface area contributed by atoms with Crippen LogP contribution < -0.4 is 5.32 Å². The van der Waals surface area contributed by atoms with Crippen molar-refractivity contribution in [2.45, 2.75) is 77.3 Å². The molecule has 1 atom stereocenters. The van der Waals surface area contributed by atoms with Gasteiger partial charge in [-0.3, -0.25) is 9.59 Å². The number of carbonyl (C=O) groups excluding carboxylic acids is 2. The summed E-state index contributed by atoms with van der Waals surface area (Å²) in [5.41, 5.74) is 1.23. The maximum Gasteiger partial charge on any atom is 0.254 e. The zero-order chi connectivity index (χ0) is 18.9. The van der Waals surface area contributed by atoms with E-state index in [-0.39, 0.29) is 29.3 Å². The third-order valence-corrected chi connectivity index (χ3v) is 5.78. The Kier molecular flexibility index (Phi) is 5.40. The van der Waals surface area contributed by atoms with Crippen molar-refractivity contribution in [2.24, 2.45) is 5.92 Å². The van der Waals surface area contributed by atoms with Crippen molar-refractivity contribution in [1.82, 2.24) is 10.2 Å². The Morgan fingerprint density at radius 2 is 1.81 bits per heavy atom. The average Bonchev–Trinajstić information content (AvgIpc) is 2.59. The van der Waals surface area contributed by atoms with E-state index in [0.29, 0.717) is 18.0 Å². The third kappa shape index (κ3) is 3.26. The van der Waals surface area contributed by atoms with E-state index < -0.39 is 0 Å². The van der Waals surface area contributed by atoms with Crippen molar-refractivity contribution in [3.63, 3.8) is 0 Å². The van der Waals surface area contributed by atoms with Gasteiger partial charge in [0, 0.05) is 18.2 Å². The molecule has 1 heterocycles.